The van der Waals surface area contributed by atoms with Crippen LogP contribution in [0.3, 0.4) is 0 Å². The van der Waals surface area contributed by atoms with Crippen LogP contribution in [0.25, 0.3) is 10.9 Å². The molecule has 0 radical (unpaired) electrons. The van der Waals surface area contributed by atoms with Crippen LogP contribution in [0.15, 0.2) is 30.3 Å². The molecule has 0 saturated carbocycles. The summed E-state index contributed by atoms with van der Waals surface area (Å²) in [5.74, 6) is 0.636. The Bertz CT molecular complexity index is 688. The molecule has 1 amide bonds. The second kappa shape index (κ2) is 5.57. The van der Waals surface area contributed by atoms with Crippen molar-refractivity contribution < 1.29 is 4.79 Å². The van der Waals surface area contributed by atoms with E-state index in [4.69, 9.17) is 5.26 Å². The van der Waals surface area contributed by atoms with E-state index in [2.05, 4.69) is 16.4 Å². The van der Waals surface area contributed by atoms with Crippen LogP contribution in [0.4, 0.5) is 5.82 Å². The van der Waals surface area contributed by atoms with Crippen molar-refractivity contribution in [1.82, 2.24) is 9.88 Å². The largest absolute Gasteiger partial charge is 0.359 e. The third-order valence-electron chi connectivity index (χ3n) is 2.99. The summed E-state index contributed by atoms with van der Waals surface area (Å²) >= 11 is 0. The second-order valence-corrected chi connectivity index (χ2v) is 4.81. The maximum atomic E-state index is 11.8. The number of hydrogen-bond acceptors (Lipinski definition) is 4. The molecule has 1 aromatic carbocycles. The number of carbonyl (C=O) groups excluding carboxylic acids is 1. The van der Waals surface area contributed by atoms with Crippen molar-refractivity contribution in [2.45, 2.75) is 13.0 Å². The summed E-state index contributed by atoms with van der Waals surface area (Å²) in [7, 11) is 3.44. The SMILES string of the molecule is C[C@H](Nc1ccc2cc(C#N)ccc2n1)C(=O)N(C)C. The highest BCUT2D eigenvalue weighted by molar-refractivity contribution is 5.85. The quantitative estimate of drug-likeness (QED) is 0.924. The number of amides is 1. The minimum Gasteiger partial charge on any atom is -0.359 e. The third-order valence-corrected chi connectivity index (χ3v) is 2.99. The number of benzene rings is 1. The first kappa shape index (κ1) is 13.8. The highest BCUT2D eigenvalue weighted by Crippen LogP contribution is 2.17. The maximum absolute atomic E-state index is 11.8. The minimum atomic E-state index is -0.340. The number of anilines is 1. The van der Waals surface area contributed by atoms with Crippen molar-refractivity contribution in [3.63, 3.8) is 0 Å². The number of nitrogens with one attached hydrogen (secondary N) is 1. The lowest BCUT2D eigenvalue weighted by atomic mass is 10.1. The molecule has 0 saturated heterocycles. The van der Waals surface area contributed by atoms with Gasteiger partial charge in [-0.25, -0.2) is 4.98 Å². The van der Waals surface area contributed by atoms with Gasteiger partial charge in [0.05, 0.1) is 17.1 Å². The Morgan fingerprint density at radius 2 is 2.10 bits per heavy atom. The van der Waals surface area contributed by atoms with Gasteiger partial charge in [-0.15, -0.1) is 0 Å². The number of fused-ring (bicyclic) bond motifs is 1. The highest BCUT2D eigenvalue weighted by Gasteiger charge is 2.14. The Kier molecular flexibility index (Phi) is 3.85. The van der Waals surface area contributed by atoms with Crippen molar-refractivity contribution in [2.24, 2.45) is 0 Å². The van der Waals surface area contributed by atoms with E-state index in [-0.39, 0.29) is 11.9 Å². The summed E-state index contributed by atoms with van der Waals surface area (Å²) in [5.41, 5.74) is 1.40. The zero-order valence-corrected chi connectivity index (χ0v) is 11.7. The predicted molar refractivity (Wildman–Crippen MR) is 78.2 cm³/mol. The summed E-state index contributed by atoms with van der Waals surface area (Å²) in [4.78, 5) is 17.8. The van der Waals surface area contributed by atoms with Crippen molar-refractivity contribution in [1.29, 1.82) is 5.26 Å². The number of hydrogen-bond donors (Lipinski definition) is 1. The van der Waals surface area contributed by atoms with Gasteiger partial charge in [-0.1, -0.05) is 0 Å². The van der Waals surface area contributed by atoms with Gasteiger partial charge in [0, 0.05) is 19.5 Å². The number of rotatable bonds is 3. The number of pyridine rings is 1. The van der Waals surface area contributed by atoms with Gasteiger partial charge in [0.15, 0.2) is 0 Å². The van der Waals surface area contributed by atoms with Gasteiger partial charge in [0.2, 0.25) is 5.91 Å². The molecule has 0 aliphatic carbocycles. The molecular formula is C15H16N4O. The third kappa shape index (κ3) is 2.86. The normalized spacial score (nSPS) is 11.7. The molecule has 2 aromatic rings. The number of nitrogens with zero attached hydrogens (tertiary/aromatic N) is 3. The molecule has 0 aliphatic heterocycles. The number of likely N-dealkylation sites (N-methyl/N-ethyl adjacent to an activating group) is 1. The van der Waals surface area contributed by atoms with Gasteiger partial charge in [-0.05, 0) is 37.3 Å². The molecule has 5 nitrogen and oxygen atoms in total. The summed E-state index contributed by atoms with van der Waals surface area (Å²) in [5, 5.41) is 12.8. The average molecular weight is 268 g/mol. The maximum Gasteiger partial charge on any atom is 0.244 e. The predicted octanol–water partition coefficient (Wildman–Crippen LogP) is 2.00. The molecule has 1 aromatic heterocycles. The molecule has 2 rings (SSSR count). The Labute approximate surface area is 117 Å². The molecule has 0 spiro atoms. The lowest BCUT2D eigenvalue weighted by molar-refractivity contribution is -0.129. The molecule has 0 unspecified atom stereocenters. The van der Waals surface area contributed by atoms with Crippen LogP contribution < -0.4 is 5.32 Å². The molecule has 0 fully saturated rings. The fraction of sp³-hybridized carbons (Fsp3) is 0.267. The minimum absolute atomic E-state index is 0.00766. The van der Waals surface area contributed by atoms with Crippen LogP contribution in [-0.4, -0.2) is 35.9 Å². The topological polar surface area (TPSA) is 69.0 Å². The summed E-state index contributed by atoms with van der Waals surface area (Å²) in [6.07, 6.45) is 0. The molecular weight excluding hydrogens is 252 g/mol. The first-order valence-corrected chi connectivity index (χ1v) is 6.30. The van der Waals surface area contributed by atoms with Gasteiger partial charge in [-0.3, -0.25) is 4.79 Å². The van der Waals surface area contributed by atoms with Crippen molar-refractivity contribution in [3.05, 3.63) is 35.9 Å². The van der Waals surface area contributed by atoms with Crippen LogP contribution >= 0.6 is 0 Å². The second-order valence-electron chi connectivity index (χ2n) is 4.81. The molecule has 102 valence electrons. The number of carbonyl (C=O) groups is 1. The Morgan fingerprint density at radius 1 is 1.35 bits per heavy atom. The van der Waals surface area contributed by atoms with Crippen molar-refractivity contribution in [2.75, 3.05) is 19.4 Å². The van der Waals surface area contributed by atoms with Gasteiger partial charge in [0.25, 0.3) is 0 Å². The van der Waals surface area contributed by atoms with E-state index in [1.165, 1.54) is 4.90 Å². The Balaban J connectivity index is 2.24. The molecule has 1 heterocycles. The van der Waals surface area contributed by atoms with E-state index in [9.17, 15) is 4.79 Å². The molecule has 1 atom stereocenters. The monoisotopic (exact) mass is 268 g/mol. The molecule has 0 bridgehead atoms. The van der Waals surface area contributed by atoms with Gasteiger partial charge < -0.3 is 10.2 Å². The summed E-state index contributed by atoms with van der Waals surface area (Å²) < 4.78 is 0. The van der Waals surface area contributed by atoms with Crippen LogP contribution in [0.1, 0.15) is 12.5 Å². The molecule has 20 heavy (non-hydrogen) atoms. The Hall–Kier alpha value is -2.61. The molecule has 1 N–H and O–H groups in total. The Morgan fingerprint density at radius 3 is 2.75 bits per heavy atom. The van der Waals surface area contributed by atoms with Crippen molar-refractivity contribution in [3.8, 4) is 6.07 Å². The van der Waals surface area contributed by atoms with E-state index in [0.29, 0.717) is 11.4 Å². The van der Waals surface area contributed by atoms with Gasteiger partial charge in [-0.2, -0.15) is 5.26 Å². The van der Waals surface area contributed by atoms with Gasteiger partial charge in [0.1, 0.15) is 11.9 Å². The highest BCUT2D eigenvalue weighted by atomic mass is 16.2. The van der Waals surface area contributed by atoms with Crippen LogP contribution in [0.2, 0.25) is 0 Å². The first-order valence-electron chi connectivity index (χ1n) is 6.30. The van der Waals surface area contributed by atoms with E-state index >= 15 is 0 Å². The standard InChI is InChI=1S/C15H16N4O/c1-10(15(20)19(2)3)17-14-7-5-12-8-11(9-16)4-6-13(12)18-14/h4-8,10H,1-3H3,(H,17,18)/t10-/m0/s1. The summed E-state index contributed by atoms with van der Waals surface area (Å²) in [6.45, 7) is 1.80. The van der Waals surface area contributed by atoms with Crippen molar-refractivity contribution >= 4 is 22.6 Å². The summed E-state index contributed by atoms with van der Waals surface area (Å²) in [6, 6.07) is 10.8. The van der Waals surface area contributed by atoms with E-state index in [1.54, 1.807) is 39.2 Å². The zero-order chi connectivity index (χ0) is 14.7. The average Bonchev–Trinajstić information content (AvgIpc) is 2.45. The number of nitriles is 1. The fourth-order valence-electron chi connectivity index (χ4n) is 1.95. The lowest BCUT2D eigenvalue weighted by Crippen LogP contribution is -2.36. The zero-order valence-electron chi connectivity index (χ0n) is 11.7. The number of aromatic nitrogens is 1. The van der Waals surface area contributed by atoms with E-state index in [0.717, 1.165) is 10.9 Å². The lowest BCUT2D eigenvalue weighted by Gasteiger charge is -2.18. The van der Waals surface area contributed by atoms with Crippen LogP contribution in [0.5, 0.6) is 0 Å². The van der Waals surface area contributed by atoms with Crippen LogP contribution in [-0.2, 0) is 4.79 Å². The van der Waals surface area contributed by atoms with Crippen LogP contribution in [0, 0.1) is 11.3 Å². The fourth-order valence-corrected chi connectivity index (χ4v) is 1.95. The van der Waals surface area contributed by atoms with E-state index < -0.39 is 0 Å². The van der Waals surface area contributed by atoms with E-state index in [1.807, 2.05) is 12.1 Å². The smallest absolute Gasteiger partial charge is 0.244 e. The molecule has 0 aliphatic rings. The van der Waals surface area contributed by atoms with Gasteiger partial charge >= 0.3 is 0 Å². The molecule has 5 heteroatoms. The first-order chi connectivity index (χ1) is 9.51.